The molecule has 2 saturated heterocycles. The van der Waals surface area contributed by atoms with Crippen molar-refractivity contribution in [3.63, 3.8) is 0 Å². The van der Waals surface area contributed by atoms with Gasteiger partial charge in [-0.1, -0.05) is 0 Å². The average Bonchev–Trinajstić information content (AvgIpc) is 3.80. The smallest absolute Gasteiger partial charge is 0.387 e. The number of anilines is 1. The number of hydrogen-bond donors (Lipinski definition) is 10. The Labute approximate surface area is 291 Å². The highest BCUT2D eigenvalue weighted by Gasteiger charge is 2.50. The highest BCUT2D eigenvalue weighted by molar-refractivity contribution is 7.69. The average molecular weight is 837 g/mol. The van der Waals surface area contributed by atoms with E-state index in [0.717, 1.165) is 34.4 Å². The molecule has 0 saturated carbocycles. The number of imidazole rings is 2. The SMILES string of the molecule is Nc1ncnc2c1ncn2[C@@H]1O[C@H](COP(=O)(O)OP(=O)(O)OP(=O)(O)OP(=O)(O)OC[C@H]2O[C@@H](n3cnc4c(=O)[nH]cnc43)[C@H](O)[C@@H]2O)[C@@H](O)[C@H]1O. The van der Waals surface area contributed by atoms with E-state index >= 15 is 0 Å². The van der Waals surface area contributed by atoms with Gasteiger partial charge < -0.3 is 60.2 Å². The molecule has 53 heavy (non-hydrogen) atoms. The van der Waals surface area contributed by atoms with Gasteiger partial charge in [-0.05, 0) is 0 Å². The summed E-state index contributed by atoms with van der Waals surface area (Å²) in [6, 6.07) is 0. The fourth-order valence-corrected chi connectivity index (χ4v) is 10.1. The highest BCUT2D eigenvalue weighted by Crippen LogP contribution is 2.71. The van der Waals surface area contributed by atoms with Gasteiger partial charge in [0.1, 0.15) is 48.5 Å². The van der Waals surface area contributed by atoms with Gasteiger partial charge in [0.2, 0.25) is 0 Å². The number of aromatic amines is 1. The minimum absolute atomic E-state index is 0.0179. The first-order chi connectivity index (χ1) is 24.7. The largest absolute Gasteiger partial charge is 0.490 e. The Morgan fingerprint density at radius 2 is 1.13 bits per heavy atom. The molecule has 4 unspecified atom stereocenters. The zero-order chi connectivity index (χ0) is 38.7. The second kappa shape index (κ2) is 14.6. The molecule has 0 aromatic carbocycles. The lowest BCUT2D eigenvalue weighted by Gasteiger charge is -2.21. The van der Waals surface area contributed by atoms with Crippen molar-refractivity contribution in [2.75, 3.05) is 18.9 Å². The van der Waals surface area contributed by atoms with Crippen LogP contribution in [0.3, 0.4) is 0 Å². The third-order valence-electron chi connectivity index (χ3n) is 7.40. The van der Waals surface area contributed by atoms with Crippen LogP contribution in [0.25, 0.3) is 22.3 Å². The zero-order valence-corrected chi connectivity index (χ0v) is 29.4. The molecule has 292 valence electrons. The van der Waals surface area contributed by atoms with Gasteiger partial charge in [0.05, 0.1) is 32.2 Å². The van der Waals surface area contributed by atoms with Crippen LogP contribution in [0.4, 0.5) is 5.82 Å². The van der Waals surface area contributed by atoms with Crippen LogP contribution < -0.4 is 11.3 Å². The highest BCUT2D eigenvalue weighted by atomic mass is 31.3. The molecule has 6 rings (SSSR count). The maximum atomic E-state index is 12.4. The number of H-pyrrole nitrogens is 1. The molecule has 29 nitrogen and oxygen atoms in total. The molecule has 6 heterocycles. The maximum absolute atomic E-state index is 12.4. The van der Waals surface area contributed by atoms with E-state index in [-0.39, 0.29) is 28.1 Å². The lowest BCUT2D eigenvalue weighted by molar-refractivity contribution is -0.0505. The van der Waals surface area contributed by atoms with Crippen LogP contribution in [0.5, 0.6) is 0 Å². The van der Waals surface area contributed by atoms with E-state index in [0.29, 0.717) is 0 Å². The number of aromatic nitrogens is 8. The molecule has 11 N–H and O–H groups in total. The molecule has 2 aliphatic rings. The van der Waals surface area contributed by atoms with Crippen LogP contribution in [0.15, 0.2) is 30.1 Å². The second-order valence-corrected chi connectivity index (χ2v) is 17.2. The number of fused-ring (bicyclic) bond motifs is 2. The molecule has 0 amide bonds. The Morgan fingerprint density at radius 3 is 1.64 bits per heavy atom. The predicted molar refractivity (Wildman–Crippen MR) is 164 cm³/mol. The first-order valence-corrected chi connectivity index (χ1v) is 20.3. The number of nitrogens with one attached hydrogen (secondary N) is 1. The molecule has 33 heteroatoms. The summed E-state index contributed by atoms with van der Waals surface area (Å²) < 4.78 is 83.2. The summed E-state index contributed by atoms with van der Waals surface area (Å²) in [7, 11) is -24.0. The Bertz CT molecular complexity index is 2250. The van der Waals surface area contributed by atoms with E-state index in [9.17, 15) is 63.1 Å². The van der Waals surface area contributed by atoms with Gasteiger partial charge in [-0.3, -0.25) is 23.0 Å². The van der Waals surface area contributed by atoms with E-state index in [4.69, 9.17) is 15.2 Å². The second-order valence-electron chi connectivity index (χ2n) is 10.9. The van der Waals surface area contributed by atoms with Crippen LogP contribution in [0, 0.1) is 0 Å². The minimum atomic E-state index is -6.21. The maximum Gasteiger partial charge on any atom is 0.490 e. The summed E-state index contributed by atoms with van der Waals surface area (Å²) in [5, 5.41) is 41.7. The van der Waals surface area contributed by atoms with Crippen molar-refractivity contribution in [3.05, 3.63) is 35.7 Å². The molecule has 12 atom stereocenters. The molecule has 0 spiro atoms. The Morgan fingerprint density at radius 1 is 0.679 bits per heavy atom. The van der Waals surface area contributed by atoms with Gasteiger partial charge in [-0.15, -0.1) is 0 Å². The molecule has 2 aliphatic heterocycles. The van der Waals surface area contributed by atoms with Crippen LogP contribution in [-0.2, 0) is 49.7 Å². The predicted octanol–water partition coefficient (Wildman–Crippen LogP) is -2.74. The number of nitrogen functional groups attached to an aromatic ring is 1. The summed E-state index contributed by atoms with van der Waals surface area (Å²) >= 11 is 0. The number of ether oxygens (including phenoxy) is 2. The third kappa shape index (κ3) is 8.48. The summed E-state index contributed by atoms with van der Waals surface area (Å²) in [6.07, 6.45) is -8.97. The van der Waals surface area contributed by atoms with E-state index in [1.165, 1.54) is 0 Å². The van der Waals surface area contributed by atoms with Gasteiger partial charge in [0, 0.05) is 0 Å². The van der Waals surface area contributed by atoms with E-state index in [1.54, 1.807) is 0 Å². The topological polar surface area (TPSA) is 428 Å². The monoisotopic (exact) mass is 837 g/mol. The van der Waals surface area contributed by atoms with Crippen molar-refractivity contribution in [2.45, 2.75) is 49.1 Å². The molecule has 4 aromatic rings. The molecular formula is C20H27N9O20P4. The van der Waals surface area contributed by atoms with E-state index in [2.05, 4.69) is 51.9 Å². The summed E-state index contributed by atoms with van der Waals surface area (Å²) in [4.78, 5) is 73.2. The van der Waals surface area contributed by atoms with Gasteiger partial charge in [-0.2, -0.15) is 12.9 Å². The molecule has 4 aromatic heterocycles. The standard InChI is InChI=1S/C20H27N9O20P4/c21-15-9-16(23-3-22-15)28(5-26-9)19-13(32)11(30)7(45-19)1-43-50(35,36)47-52(39,40)49-53(41,42)48-51(37,38)44-2-8-12(31)14(33)20(46-8)29-6-27-10-17(29)24-4-25-18(10)34/h3-8,11-14,19-20,30-33H,1-2H2,(H,35,36)(H,37,38)(H,39,40)(H,41,42)(H2,21,22,23)(H,24,25,34)/t7-,8-,11-,12-,13-,14-,19-,20-/m1/s1. The number of hydrogen-bond acceptors (Lipinski definition) is 22. The normalized spacial score (nSPS) is 30.9. The van der Waals surface area contributed by atoms with Gasteiger partial charge >= 0.3 is 31.3 Å². The number of aliphatic hydroxyl groups is 4. The Balaban J connectivity index is 1.01. The molecule has 0 aliphatic carbocycles. The quantitative estimate of drug-likeness (QED) is 0.0576. The summed E-state index contributed by atoms with van der Waals surface area (Å²) in [5.41, 5.74) is 5.04. The first kappa shape index (κ1) is 39.7. The van der Waals surface area contributed by atoms with Crippen LogP contribution in [0.1, 0.15) is 12.5 Å². The summed E-state index contributed by atoms with van der Waals surface area (Å²) in [5.74, 6) is -0.0179. The number of rotatable bonds is 14. The summed E-state index contributed by atoms with van der Waals surface area (Å²) in [6.45, 7) is -2.25. The number of aliphatic hydroxyl groups excluding tert-OH is 4. The number of phosphoric ester groups is 2. The van der Waals surface area contributed by atoms with Crippen molar-refractivity contribution in [1.82, 2.24) is 39.0 Å². The minimum Gasteiger partial charge on any atom is -0.387 e. The lowest BCUT2D eigenvalue weighted by Crippen LogP contribution is -2.33. The Kier molecular flexibility index (Phi) is 10.9. The van der Waals surface area contributed by atoms with Crippen molar-refractivity contribution < 1.29 is 89.7 Å². The van der Waals surface area contributed by atoms with Crippen LogP contribution >= 0.6 is 31.3 Å². The van der Waals surface area contributed by atoms with E-state index in [1.807, 2.05) is 0 Å². The van der Waals surface area contributed by atoms with Crippen LogP contribution in [-0.4, -0.2) is 129 Å². The third-order valence-corrected chi connectivity index (χ3v) is 13.3. The number of phosphoric acid groups is 4. The van der Waals surface area contributed by atoms with Gasteiger partial charge in [-0.25, -0.2) is 43.2 Å². The van der Waals surface area contributed by atoms with Crippen molar-refractivity contribution >= 4 is 59.4 Å². The van der Waals surface area contributed by atoms with Crippen molar-refractivity contribution in [2.24, 2.45) is 0 Å². The van der Waals surface area contributed by atoms with Crippen molar-refractivity contribution in [1.29, 1.82) is 0 Å². The molecule has 0 radical (unpaired) electrons. The van der Waals surface area contributed by atoms with Crippen LogP contribution in [0.2, 0.25) is 0 Å². The lowest BCUT2D eigenvalue weighted by atomic mass is 10.1. The number of nitrogens with two attached hydrogens (primary N) is 1. The van der Waals surface area contributed by atoms with Gasteiger partial charge in [0.15, 0.2) is 35.1 Å². The Hall–Kier alpha value is -2.98. The zero-order valence-electron chi connectivity index (χ0n) is 25.8. The molecule has 0 bridgehead atoms. The number of nitrogens with zero attached hydrogens (tertiary/aromatic N) is 7. The van der Waals surface area contributed by atoms with Gasteiger partial charge in [0.25, 0.3) is 5.56 Å². The molecular weight excluding hydrogens is 810 g/mol. The fourth-order valence-electron chi connectivity index (χ4n) is 5.10. The van der Waals surface area contributed by atoms with E-state index < -0.39 is 99.1 Å². The molecule has 2 fully saturated rings. The van der Waals surface area contributed by atoms with Crippen molar-refractivity contribution in [3.8, 4) is 0 Å². The fraction of sp³-hybridized carbons (Fsp3) is 0.500. The first-order valence-electron chi connectivity index (χ1n) is 14.3.